The van der Waals surface area contributed by atoms with Gasteiger partial charge in [-0.1, -0.05) is 48.0 Å². The molecular weight excluding hydrogens is 292 g/mol. The van der Waals surface area contributed by atoms with E-state index in [0.717, 1.165) is 10.0 Å². The Morgan fingerprint density at radius 3 is 2.44 bits per heavy atom. The van der Waals surface area contributed by atoms with Crippen molar-refractivity contribution in [1.29, 1.82) is 0 Å². The van der Waals surface area contributed by atoms with Gasteiger partial charge in [-0.05, 0) is 24.5 Å². The fraction of sp³-hybridized carbons (Fsp3) is 0.500. The Morgan fingerprint density at radius 1 is 1.33 bits per heavy atom. The van der Waals surface area contributed by atoms with Crippen molar-refractivity contribution in [3.63, 3.8) is 0 Å². The standard InChI is InChI=1S/C14H21BrN2O/c1-9(2)12(8-16)14(18)17-10(3)11-6-4-5-7-13(11)15/h4-7,9-10,12H,8,16H2,1-3H3,(H,17,18)/t10-,12?/m1/s1. The van der Waals surface area contributed by atoms with Gasteiger partial charge in [0, 0.05) is 11.0 Å². The third kappa shape index (κ3) is 3.82. The minimum Gasteiger partial charge on any atom is -0.349 e. The Hall–Kier alpha value is -0.870. The normalized spacial score (nSPS) is 14.3. The molecule has 0 aliphatic carbocycles. The highest BCUT2D eigenvalue weighted by atomic mass is 79.9. The van der Waals surface area contributed by atoms with Crippen LogP contribution >= 0.6 is 15.9 Å². The molecule has 0 heterocycles. The van der Waals surface area contributed by atoms with E-state index >= 15 is 0 Å². The molecule has 3 N–H and O–H groups in total. The Kier molecular flexibility index (Phi) is 5.82. The molecule has 0 radical (unpaired) electrons. The number of nitrogens with one attached hydrogen (secondary N) is 1. The molecule has 0 bridgehead atoms. The summed E-state index contributed by atoms with van der Waals surface area (Å²) in [7, 11) is 0. The molecule has 0 spiro atoms. The van der Waals surface area contributed by atoms with Crippen LogP contribution in [0.15, 0.2) is 28.7 Å². The van der Waals surface area contributed by atoms with Gasteiger partial charge in [0.15, 0.2) is 0 Å². The van der Waals surface area contributed by atoms with Gasteiger partial charge < -0.3 is 11.1 Å². The van der Waals surface area contributed by atoms with E-state index in [4.69, 9.17) is 5.73 Å². The molecule has 1 unspecified atom stereocenters. The van der Waals surface area contributed by atoms with Crippen molar-refractivity contribution in [2.75, 3.05) is 6.54 Å². The van der Waals surface area contributed by atoms with E-state index < -0.39 is 0 Å². The first-order valence-corrected chi connectivity index (χ1v) is 7.01. The molecule has 1 rings (SSSR count). The summed E-state index contributed by atoms with van der Waals surface area (Å²) in [6.07, 6.45) is 0. The monoisotopic (exact) mass is 312 g/mol. The Labute approximate surface area is 117 Å². The second-order valence-electron chi connectivity index (χ2n) is 4.84. The smallest absolute Gasteiger partial charge is 0.225 e. The molecule has 100 valence electrons. The number of benzene rings is 1. The van der Waals surface area contributed by atoms with Crippen molar-refractivity contribution in [2.24, 2.45) is 17.6 Å². The quantitative estimate of drug-likeness (QED) is 0.878. The van der Waals surface area contributed by atoms with Crippen molar-refractivity contribution in [3.8, 4) is 0 Å². The van der Waals surface area contributed by atoms with Crippen LogP contribution in [-0.2, 0) is 4.79 Å². The lowest BCUT2D eigenvalue weighted by atomic mass is 9.94. The number of halogens is 1. The van der Waals surface area contributed by atoms with Crippen LogP contribution in [0.3, 0.4) is 0 Å². The predicted molar refractivity (Wildman–Crippen MR) is 78.1 cm³/mol. The van der Waals surface area contributed by atoms with Crippen LogP contribution < -0.4 is 11.1 Å². The third-order valence-corrected chi connectivity index (χ3v) is 3.85. The highest BCUT2D eigenvalue weighted by Crippen LogP contribution is 2.23. The van der Waals surface area contributed by atoms with E-state index in [2.05, 4.69) is 21.2 Å². The second kappa shape index (κ2) is 6.90. The van der Waals surface area contributed by atoms with Gasteiger partial charge >= 0.3 is 0 Å². The zero-order valence-corrected chi connectivity index (χ0v) is 12.7. The van der Waals surface area contributed by atoms with Crippen LogP contribution in [0.2, 0.25) is 0 Å². The summed E-state index contributed by atoms with van der Waals surface area (Å²) in [5.74, 6) is 0.145. The molecule has 0 saturated carbocycles. The van der Waals surface area contributed by atoms with Crippen molar-refractivity contribution in [2.45, 2.75) is 26.8 Å². The molecule has 0 aliphatic rings. The van der Waals surface area contributed by atoms with Gasteiger partial charge in [0.1, 0.15) is 0 Å². The zero-order valence-electron chi connectivity index (χ0n) is 11.1. The molecule has 0 aliphatic heterocycles. The van der Waals surface area contributed by atoms with Crippen LogP contribution in [0.5, 0.6) is 0 Å². The molecule has 2 atom stereocenters. The Balaban J connectivity index is 2.73. The molecular formula is C14H21BrN2O. The Morgan fingerprint density at radius 2 is 1.94 bits per heavy atom. The highest BCUT2D eigenvalue weighted by Gasteiger charge is 2.22. The minimum atomic E-state index is -0.130. The number of hydrogen-bond acceptors (Lipinski definition) is 2. The topological polar surface area (TPSA) is 55.1 Å². The highest BCUT2D eigenvalue weighted by molar-refractivity contribution is 9.10. The molecule has 4 heteroatoms. The molecule has 0 aromatic heterocycles. The molecule has 18 heavy (non-hydrogen) atoms. The van der Waals surface area contributed by atoms with Gasteiger partial charge in [-0.3, -0.25) is 4.79 Å². The zero-order chi connectivity index (χ0) is 13.7. The average Bonchev–Trinajstić information content (AvgIpc) is 2.29. The summed E-state index contributed by atoms with van der Waals surface area (Å²) >= 11 is 3.49. The summed E-state index contributed by atoms with van der Waals surface area (Å²) in [5.41, 5.74) is 6.72. The minimum absolute atomic E-state index is 0.0238. The van der Waals surface area contributed by atoms with Crippen LogP contribution in [0.25, 0.3) is 0 Å². The van der Waals surface area contributed by atoms with Crippen molar-refractivity contribution >= 4 is 21.8 Å². The van der Waals surface area contributed by atoms with Crippen molar-refractivity contribution in [1.82, 2.24) is 5.32 Å². The number of carbonyl (C=O) groups is 1. The van der Waals surface area contributed by atoms with E-state index in [1.807, 2.05) is 45.0 Å². The van der Waals surface area contributed by atoms with Gasteiger partial charge in [-0.2, -0.15) is 0 Å². The Bertz CT molecular complexity index is 407. The summed E-state index contributed by atoms with van der Waals surface area (Å²) in [6, 6.07) is 7.87. The first-order valence-electron chi connectivity index (χ1n) is 6.22. The lowest BCUT2D eigenvalue weighted by Gasteiger charge is -2.22. The number of nitrogens with two attached hydrogens (primary N) is 1. The maximum atomic E-state index is 12.1. The second-order valence-corrected chi connectivity index (χ2v) is 5.69. The van der Waals surface area contributed by atoms with E-state index in [1.165, 1.54) is 0 Å². The number of carbonyl (C=O) groups excluding carboxylic acids is 1. The van der Waals surface area contributed by atoms with E-state index in [0.29, 0.717) is 6.54 Å². The summed E-state index contributed by atoms with van der Waals surface area (Å²) in [6.45, 7) is 6.39. The fourth-order valence-corrected chi connectivity index (χ4v) is 2.53. The lowest BCUT2D eigenvalue weighted by molar-refractivity contribution is -0.126. The maximum absolute atomic E-state index is 12.1. The molecule has 3 nitrogen and oxygen atoms in total. The number of amides is 1. The molecule has 1 amide bonds. The maximum Gasteiger partial charge on any atom is 0.225 e. The average molecular weight is 313 g/mol. The predicted octanol–water partition coefficient (Wildman–Crippen LogP) is 2.86. The number of rotatable bonds is 5. The van der Waals surface area contributed by atoms with Crippen LogP contribution in [0.1, 0.15) is 32.4 Å². The van der Waals surface area contributed by atoms with Gasteiger partial charge in [-0.15, -0.1) is 0 Å². The number of hydrogen-bond donors (Lipinski definition) is 2. The van der Waals surface area contributed by atoms with E-state index in [-0.39, 0.29) is 23.8 Å². The lowest BCUT2D eigenvalue weighted by Crippen LogP contribution is -2.39. The first-order chi connectivity index (χ1) is 8.47. The molecule has 1 aromatic carbocycles. The van der Waals surface area contributed by atoms with Crippen molar-refractivity contribution < 1.29 is 4.79 Å². The van der Waals surface area contributed by atoms with Crippen molar-refractivity contribution in [3.05, 3.63) is 34.3 Å². The fourth-order valence-electron chi connectivity index (χ4n) is 1.91. The van der Waals surface area contributed by atoms with Gasteiger partial charge in [0.05, 0.1) is 12.0 Å². The SMILES string of the molecule is CC(C)C(CN)C(=O)N[C@H](C)c1ccccc1Br. The molecule has 0 fully saturated rings. The van der Waals surface area contributed by atoms with Gasteiger partial charge in [0.25, 0.3) is 0 Å². The molecule has 1 aromatic rings. The summed E-state index contributed by atoms with van der Waals surface area (Å²) in [4.78, 5) is 12.1. The first kappa shape index (κ1) is 15.2. The van der Waals surface area contributed by atoms with Crippen LogP contribution in [0, 0.1) is 11.8 Å². The third-order valence-electron chi connectivity index (χ3n) is 3.13. The van der Waals surface area contributed by atoms with Crippen LogP contribution in [0.4, 0.5) is 0 Å². The summed E-state index contributed by atoms with van der Waals surface area (Å²) in [5, 5.41) is 3.02. The van der Waals surface area contributed by atoms with E-state index in [1.54, 1.807) is 0 Å². The largest absolute Gasteiger partial charge is 0.349 e. The van der Waals surface area contributed by atoms with E-state index in [9.17, 15) is 4.79 Å². The van der Waals surface area contributed by atoms with Crippen LogP contribution in [-0.4, -0.2) is 12.5 Å². The molecule has 0 saturated heterocycles. The van der Waals surface area contributed by atoms with Gasteiger partial charge in [-0.25, -0.2) is 0 Å². The summed E-state index contributed by atoms with van der Waals surface area (Å²) < 4.78 is 1.01. The van der Waals surface area contributed by atoms with Gasteiger partial charge in [0.2, 0.25) is 5.91 Å².